The first-order valence-electron chi connectivity index (χ1n) is 5.50. The number of benzene rings is 1. The molecular formula is C12H12N4O. The normalized spacial score (nSPS) is 19.5. The summed E-state index contributed by atoms with van der Waals surface area (Å²) in [7, 11) is 0. The number of carbonyl (C=O) groups is 1. The average molecular weight is 228 g/mol. The molecule has 1 aromatic carbocycles. The van der Waals surface area contributed by atoms with E-state index in [0.717, 1.165) is 16.7 Å². The highest BCUT2D eigenvalue weighted by atomic mass is 16.2. The highest BCUT2D eigenvalue weighted by molar-refractivity contribution is 6.09. The van der Waals surface area contributed by atoms with Crippen LogP contribution in [0.5, 0.6) is 0 Å². The van der Waals surface area contributed by atoms with Crippen LogP contribution in [0.15, 0.2) is 29.4 Å². The van der Waals surface area contributed by atoms with Gasteiger partial charge < -0.3 is 0 Å². The van der Waals surface area contributed by atoms with Crippen LogP contribution in [0, 0.1) is 5.92 Å². The SMILES string of the molecule is CC1=Nn2c(nc3ccccc32)NC(=O)[C@@H]1C. The van der Waals surface area contributed by atoms with Crippen LogP contribution in [0.2, 0.25) is 0 Å². The first-order valence-corrected chi connectivity index (χ1v) is 5.50. The van der Waals surface area contributed by atoms with Crippen LogP contribution in [-0.2, 0) is 4.79 Å². The monoisotopic (exact) mass is 228 g/mol. The quantitative estimate of drug-likeness (QED) is 0.748. The van der Waals surface area contributed by atoms with Crippen LogP contribution >= 0.6 is 0 Å². The maximum Gasteiger partial charge on any atom is 0.235 e. The lowest BCUT2D eigenvalue weighted by molar-refractivity contribution is -0.117. The lowest BCUT2D eigenvalue weighted by Crippen LogP contribution is -2.24. The van der Waals surface area contributed by atoms with E-state index in [4.69, 9.17) is 0 Å². The molecule has 1 atom stereocenters. The Hall–Kier alpha value is -2.17. The number of nitrogens with one attached hydrogen (secondary N) is 1. The largest absolute Gasteiger partial charge is 0.294 e. The molecule has 0 bridgehead atoms. The fraction of sp³-hybridized carbons (Fsp3) is 0.250. The van der Waals surface area contributed by atoms with Gasteiger partial charge in [-0.05, 0) is 26.0 Å². The summed E-state index contributed by atoms with van der Waals surface area (Å²) in [5, 5.41) is 7.24. The van der Waals surface area contributed by atoms with Crippen molar-refractivity contribution < 1.29 is 4.79 Å². The van der Waals surface area contributed by atoms with E-state index in [1.807, 2.05) is 38.1 Å². The van der Waals surface area contributed by atoms with E-state index in [1.54, 1.807) is 4.68 Å². The fourth-order valence-corrected chi connectivity index (χ4v) is 1.85. The second-order valence-electron chi connectivity index (χ2n) is 4.19. The molecule has 1 amide bonds. The van der Waals surface area contributed by atoms with Gasteiger partial charge in [-0.15, -0.1) is 0 Å². The molecule has 17 heavy (non-hydrogen) atoms. The van der Waals surface area contributed by atoms with Crippen molar-refractivity contribution in [2.75, 3.05) is 5.32 Å². The van der Waals surface area contributed by atoms with Gasteiger partial charge in [-0.2, -0.15) is 9.78 Å². The lowest BCUT2D eigenvalue weighted by atomic mass is 10.1. The molecule has 5 heteroatoms. The van der Waals surface area contributed by atoms with Crippen LogP contribution in [-0.4, -0.2) is 21.3 Å². The number of aromatic nitrogens is 2. The van der Waals surface area contributed by atoms with Crippen LogP contribution in [0.4, 0.5) is 5.95 Å². The molecule has 0 aliphatic carbocycles. The van der Waals surface area contributed by atoms with Crippen LogP contribution in [0.3, 0.4) is 0 Å². The Kier molecular flexibility index (Phi) is 2.01. The highest BCUT2D eigenvalue weighted by Crippen LogP contribution is 2.22. The minimum absolute atomic E-state index is 0.0692. The Morgan fingerprint density at radius 2 is 2.12 bits per heavy atom. The molecule has 5 nitrogen and oxygen atoms in total. The van der Waals surface area contributed by atoms with Crippen LogP contribution < -0.4 is 5.32 Å². The third-order valence-corrected chi connectivity index (χ3v) is 3.05. The summed E-state index contributed by atoms with van der Waals surface area (Å²) < 4.78 is 1.69. The number of imidazole rings is 1. The Morgan fingerprint density at radius 1 is 1.35 bits per heavy atom. The van der Waals surface area contributed by atoms with E-state index in [-0.39, 0.29) is 11.8 Å². The van der Waals surface area contributed by atoms with E-state index in [9.17, 15) is 4.79 Å². The van der Waals surface area contributed by atoms with Crippen LogP contribution in [0.25, 0.3) is 11.0 Å². The number of hydrogen-bond donors (Lipinski definition) is 1. The molecule has 2 aromatic rings. The van der Waals surface area contributed by atoms with E-state index in [2.05, 4.69) is 15.4 Å². The Bertz CT molecular complexity index is 641. The van der Waals surface area contributed by atoms with Crippen molar-refractivity contribution in [1.82, 2.24) is 9.66 Å². The molecule has 1 aromatic heterocycles. The first kappa shape index (κ1) is 10.0. The highest BCUT2D eigenvalue weighted by Gasteiger charge is 2.23. The summed E-state index contributed by atoms with van der Waals surface area (Å²) in [4.78, 5) is 16.2. The molecule has 0 spiro atoms. The van der Waals surface area contributed by atoms with Crippen molar-refractivity contribution >= 4 is 28.6 Å². The second kappa shape index (κ2) is 3.41. The van der Waals surface area contributed by atoms with Crippen LogP contribution in [0.1, 0.15) is 13.8 Å². The van der Waals surface area contributed by atoms with Gasteiger partial charge in [0.2, 0.25) is 11.9 Å². The predicted molar refractivity (Wildman–Crippen MR) is 66.0 cm³/mol. The zero-order valence-corrected chi connectivity index (χ0v) is 9.64. The van der Waals surface area contributed by atoms with E-state index < -0.39 is 0 Å². The summed E-state index contributed by atoms with van der Waals surface area (Å²) in [5.74, 6) is 0.190. The number of para-hydroxylation sites is 2. The van der Waals surface area contributed by atoms with Gasteiger partial charge in [0.1, 0.15) is 0 Å². The second-order valence-corrected chi connectivity index (χ2v) is 4.19. The molecule has 1 aliphatic rings. The predicted octanol–water partition coefficient (Wildman–Crippen LogP) is 1.85. The lowest BCUT2D eigenvalue weighted by Gasteiger charge is -2.04. The van der Waals surface area contributed by atoms with Crippen molar-refractivity contribution in [3.05, 3.63) is 24.3 Å². The summed E-state index contributed by atoms with van der Waals surface area (Å²) in [6.45, 7) is 3.69. The van der Waals surface area contributed by atoms with Crippen molar-refractivity contribution in [2.45, 2.75) is 13.8 Å². The number of anilines is 1. The van der Waals surface area contributed by atoms with E-state index in [1.165, 1.54) is 0 Å². The molecule has 86 valence electrons. The van der Waals surface area contributed by atoms with Gasteiger partial charge in [0, 0.05) is 5.71 Å². The molecular weight excluding hydrogens is 216 g/mol. The number of rotatable bonds is 0. The van der Waals surface area contributed by atoms with E-state index >= 15 is 0 Å². The molecule has 0 unspecified atom stereocenters. The number of nitrogens with zero attached hydrogens (tertiary/aromatic N) is 3. The molecule has 3 rings (SSSR count). The third kappa shape index (κ3) is 1.43. The number of amides is 1. The van der Waals surface area contributed by atoms with Crippen molar-refractivity contribution in [3.63, 3.8) is 0 Å². The van der Waals surface area contributed by atoms with Gasteiger partial charge in [0.05, 0.1) is 17.0 Å². The number of hydrogen-bond acceptors (Lipinski definition) is 3. The first-order chi connectivity index (χ1) is 8.16. The molecule has 0 radical (unpaired) electrons. The van der Waals surface area contributed by atoms with Gasteiger partial charge in [-0.25, -0.2) is 4.98 Å². The minimum Gasteiger partial charge on any atom is -0.294 e. The van der Waals surface area contributed by atoms with Gasteiger partial charge in [-0.1, -0.05) is 12.1 Å². The fourth-order valence-electron chi connectivity index (χ4n) is 1.85. The maximum absolute atomic E-state index is 11.8. The van der Waals surface area contributed by atoms with E-state index in [0.29, 0.717) is 5.95 Å². The molecule has 0 saturated carbocycles. The molecule has 0 saturated heterocycles. The maximum atomic E-state index is 11.8. The standard InChI is InChI=1S/C12H12N4O/c1-7-8(2)15-16-10-6-4-3-5-9(10)13-12(16)14-11(7)17/h3-7H,1-2H3,(H,13,14,17)/t7-/m1/s1. The smallest absolute Gasteiger partial charge is 0.235 e. The molecule has 1 N–H and O–H groups in total. The van der Waals surface area contributed by atoms with Crippen molar-refractivity contribution in [3.8, 4) is 0 Å². The minimum atomic E-state index is -0.226. The summed E-state index contributed by atoms with van der Waals surface area (Å²) >= 11 is 0. The van der Waals surface area contributed by atoms with Gasteiger partial charge in [0.25, 0.3) is 0 Å². The van der Waals surface area contributed by atoms with Gasteiger partial charge in [0.15, 0.2) is 0 Å². The summed E-state index contributed by atoms with van der Waals surface area (Å²) in [5.41, 5.74) is 2.51. The van der Waals surface area contributed by atoms with Gasteiger partial charge in [-0.3, -0.25) is 10.1 Å². The Morgan fingerprint density at radius 3 is 2.94 bits per heavy atom. The molecule has 2 heterocycles. The average Bonchev–Trinajstić information content (AvgIpc) is 2.61. The zero-order chi connectivity index (χ0) is 12.0. The summed E-state index contributed by atoms with van der Waals surface area (Å²) in [6, 6.07) is 7.68. The molecule has 1 aliphatic heterocycles. The zero-order valence-electron chi connectivity index (χ0n) is 9.64. The summed E-state index contributed by atoms with van der Waals surface area (Å²) in [6.07, 6.45) is 0. The third-order valence-electron chi connectivity index (χ3n) is 3.05. The number of carbonyl (C=O) groups excluding carboxylic acids is 1. The van der Waals surface area contributed by atoms with Gasteiger partial charge >= 0.3 is 0 Å². The van der Waals surface area contributed by atoms with Crippen molar-refractivity contribution in [2.24, 2.45) is 11.0 Å². The molecule has 0 fully saturated rings. The van der Waals surface area contributed by atoms with Crippen molar-refractivity contribution in [1.29, 1.82) is 0 Å². The Balaban J connectivity index is 2.30. The Labute approximate surface area is 98.1 Å². The topological polar surface area (TPSA) is 59.3 Å². The number of fused-ring (bicyclic) bond motifs is 3.